The molecule has 1 aromatic carbocycles. The van der Waals surface area contributed by atoms with Gasteiger partial charge in [0.15, 0.2) is 0 Å². The van der Waals surface area contributed by atoms with Crippen LogP contribution in [0.1, 0.15) is 27.2 Å². The SMILES string of the molecule is COc1ccccc1N1CCN(C(=O)CC(C)(C)C)C1=O. The summed E-state index contributed by atoms with van der Waals surface area (Å²) in [6.07, 6.45) is 0.360. The molecule has 0 radical (unpaired) electrons. The summed E-state index contributed by atoms with van der Waals surface area (Å²) < 4.78 is 5.29. The Morgan fingerprint density at radius 2 is 1.90 bits per heavy atom. The van der Waals surface area contributed by atoms with Gasteiger partial charge in [-0.2, -0.15) is 0 Å². The predicted molar refractivity (Wildman–Crippen MR) is 81.5 cm³/mol. The zero-order chi connectivity index (χ0) is 15.6. The molecule has 0 spiro atoms. The maximum absolute atomic E-state index is 12.5. The molecule has 0 atom stereocenters. The molecule has 0 saturated carbocycles. The molecule has 0 aliphatic carbocycles. The topological polar surface area (TPSA) is 49.9 Å². The van der Waals surface area contributed by atoms with E-state index in [-0.39, 0.29) is 17.4 Å². The fourth-order valence-electron chi connectivity index (χ4n) is 2.39. The highest BCUT2D eigenvalue weighted by Crippen LogP contribution is 2.31. The number of imide groups is 1. The van der Waals surface area contributed by atoms with Gasteiger partial charge in [0.05, 0.1) is 12.8 Å². The summed E-state index contributed by atoms with van der Waals surface area (Å²) in [5, 5.41) is 0. The molecule has 0 unspecified atom stereocenters. The molecule has 0 aromatic heterocycles. The molecule has 2 rings (SSSR count). The minimum Gasteiger partial charge on any atom is -0.495 e. The van der Waals surface area contributed by atoms with Crippen molar-refractivity contribution in [2.24, 2.45) is 5.41 Å². The number of amides is 3. The van der Waals surface area contributed by atoms with E-state index in [9.17, 15) is 9.59 Å². The lowest BCUT2D eigenvalue weighted by molar-refractivity contribution is -0.129. The highest BCUT2D eigenvalue weighted by molar-refractivity contribution is 6.05. The van der Waals surface area contributed by atoms with Gasteiger partial charge in [-0.25, -0.2) is 4.79 Å². The van der Waals surface area contributed by atoms with Gasteiger partial charge in [-0.1, -0.05) is 32.9 Å². The molecule has 3 amide bonds. The fraction of sp³-hybridized carbons (Fsp3) is 0.500. The van der Waals surface area contributed by atoms with Crippen molar-refractivity contribution >= 4 is 17.6 Å². The molecule has 1 fully saturated rings. The summed E-state index contributed by atoms with van der Waals surface area (Å²) in [6.45, 7) is 6.89. The van der Waals surface area contributed by atoms with Crippen LogP contribution in [-0.2, 0) is 4.79 Å². The third-order valence-corrected chi connectivity index (χ3v) is 3.37. The lowest BCUT2D eigenvalue weighted by Crippen LogP contribution is -2.38. The summed E-state index contributed by atoms with van der Waals surface area (Å²) in [5.74, 6) is 0.515. The van der Waals surface area contributed by atoms with Crippen molar-refractivity contribution in [3.8, 4) is 5.75 Å². The van der Waals surface area contributed by atoms with Crippen molar-refractivity contribution in [1.29, 1.82) is 0 Å². The molecule has 1 aromatic rings. The second kappa shape index (κ2) is 5.76. The zero-order valence-electron chi connectivity index (χ0n) is 13.0. The Morgan fingerprint density at radius 1 is 1.24 bits per heavy atom. The molecule has 0 bridgehead atoms. The molecule has 1 aliphatic rings. The van der Waals surface area contributed by atoms with Gasteiger partial charge in [0.2, 0.25) is 5.91 Å². The Hall–Kier alpha value is -2.04. The average Bonchev–Trinajstić information content (AvgIpc) is 2.78. The number of urea groups is 1. The van der Waals surface area contributed by atoms with Crippen LogP contribution < -0.4 is 9.64 Å². The van der Waals surface area contributed by atoms with Crippen LogP contribution >= 0.6 is 0 Å². The number of hydrogen-bond acceptors (Lipinski definition) is 3. The molecule has 5 heteroatoms. The van der Waals surface area contributed by atoms with E-state index in [1.165, 1.54) is 4.90 Å². The summed E-state index contributed by atoms with van der Waals surface area (Å²) >= 11 is 0. The number of para-hydroxylation sites is 2. The zero-order valence-corrected chi connectivity index (χ0v) is 13.0. The summed E-state index contributed by atoms with van der Waals surface area (Å²) in [6, 6.07) is 7.07. The molecule has 1 heterocycles. The van der Waals surface area contributed by atoms with Crippen molar-refractivity contribution in [3.05, 3.63) is 24.3 Å². The standard InChI is InChI=1S/C16H22N2O3/c1-16(2,3)11-14(19)18-10-9-17(15(18)20)12-7-5-6-8-13(12)21-4/h5-8H,9-11H2,1-4H3. The van der Waals surface area contributed by atoms with E-state index in [0.717, 1.165) is 0 Å². The number of benzene rings is 1. The van der Waals surface area contributed by atoms with Gasteiger partial charge in [-0.3, -0.25) is 14.6 Å². The van der Waals surface area contributed by atoms with E-state index in [2.05, 4.69) is 0 Å². The van der Waals surface area contributed by atoms with E-state index in [1.54, 1.807) is 12.0 Å². The van der Waals surface area contributed by atoms with Gasteiger partial charge in [0, 0.05) is 19.5 Å². The van der Waals surface area contributed by atoms with Crippen molar-refractivity contribution in [2.75, 3.05) is 25.1 Å². The minimum absolute atomic E-state index is 0.120. The first-order valence-electron chi connectivity index (χ1n) is 7.08. The lowest BCUT2D eigenvalue weighted by Gasteiger charge is -2.22. The molecule has 5 nitrogen and oxygen atoms in total. The van der Waals surface area contributed by atoms with Crippen molar-refractivity contribution in [2.45, 2.75) is 27.2 Å². The number of anilines is 1. The Balaban J connectivity index is 2.17. The first-order valence-corrected chi connectivity index (χ1v) is 7.08. The van der Waals surface area contributed by atoms with Crippen LogP contribution in [0.3, 0.4) is 0 Å². The highest BCUT2D eigenvalue weighted by atomic mass is 16.5. The maximum atomic E-state index is 12.5. The van der Waals surface area contributed by atoms with E-state index in [0.29, 0.717) is 30.9 Å². The monoisotopic (exact) mass is 290 g/mol. The fourth-order valence-corrected chi connectivity index (χ4v) is 2.39. The first kappa shape index (κ1) is 15.4. The van der Waals surface area contributed by atoms with Crippen molar-refractivity contribution < 1.29 is 14.3 Å². The van der Waals surface area contributed by atoms with Gasteiger partial charge >= 0.3 is 6.03 Å². The van der Waals surface area contributed by atoms with E-state index < -0.39 is 0 Å². The second-order valence-electron chi connectivity index (χ2n) is 6.39. The van der Waals surface area contributed by atoms with E-state index in [1.807, 2.05) is 45.0 Å². The van der Waals surface area contributed by atoms with Crippen LogP contribution in [0.15, 0.2) is 24.3 Å². The normalized spacial score (nSPS) is 15.5. The molecule has 114 valence electrons. The summed E-state index contributed by atoms with van der Waals surface area (Å²) in [7, 11) is 1.57. The molecule has 1 aliphatic heterocycles. The molecular weight excluding hydrogens is 268 g/mol. The number of rotatable bonds is 3. The largest absolute Gasteiger partial charge is 0.495 e. The lowest BCUT2D eigenvalue weighted by atomic mass is 9.92. The number of hydrogen-bond donors (Lipinski definition) is 0. The number of carbonyl (C=O) groups excluding carboxylic acids is 2. The highest BCUT2D eigenvalue weighted by Gasteiger charge is 2.36. The molecular formula is C16H22N2O3. The van der Waals surface area contributed by atoms with Gasteiger partial charge < -0.3 is 4.74 Å². The Morgan fingerprint density at radius 3 is 2.52 bits per heavy atom. The van der Waals surface area contributed by atoms with Gasteiger partial charge in [-0.05, 0) is 17.5 Å². The molecule has 1 saturated heterocycles. The van der Waals surface area contributed by atoms with Gasteiger partial charge in [0.1, 0.15) is 5.75 Å². The van der Waals surface area contributed by atoms with E-state index >= 15 is 0 Å². The summed E-state index contributed by atoms with van der Waals surface area (Å²) in [5.41, 5.74) is 0.575. The number of carbonyl (C=O) groups is 2. The third kappa shape index (κ3) is 3.35. The smallest absolute Gasteiger partial charge is 0.331 e. The van der Waals surface area contributed by atoms with Crippen LogP contribution in [0.25, 0.3) is 0 Å². The van der Waals surface area contributed by atoms with Crippen molar-refractivity contribution in [3.63, 3.8) is 0 Å². The van der Waals surface area contributed by atoms with Gasteiger partial charge in [0.25, 0.3) is 0 Å². The predicted octanol–water partition coefficient (Wildman–Crippen LogP) is 2.90. The number of nitrogens with zero attached hydrogens (tertiary/aromatic N) is 2. The van der Waals surface area contributed by atoms with Crippen LogP contribution in [0.5, 0.6) is 5.75 Å². The Kier molecular flexibility index (Phi) is 4.21. The third-order valence-electron chi connectivity index (χ3n) is 3.37. The van der Waals surface area contributed by atoms with Crippen LogP contribution in [0, 0.1) is 5.41 Å². The van der Waals surface area contributed by atoms with Crippen molar-refractivity contribution in [1.82, 2.24) is 4.90 Å². The Bertz CT molecular complexity index is 549. The molecule has 21 heavy (non-hydrogen) atoms. The Labute approximate surface area is 125 Å². The summed E-state index contributed by atoms with van der Waals surface area (Å²) in [4.78, 5) is 27.7. The van der Waals surface area contributed by atoms with Crippen LogP contribution in [0.4, 0.5) is 10.5 Å². The van der Waals surface area contributed by atoms with Gasteiger partial charge in [-0.15, -0.1) is 0 Å². The maximum Gasteiger partial charge on any atom is 0.331 e. The first-order chi connectivity index (χ1) is 9.83. The van der Waals surface area contributed by atoms with Crippen LogP contribution in [0.2, 0.25) is 0 Å². The molecule has 0 N–H and O–H groups in total. The second-order valence-corrected chi connectivity index (χ2v) is 6.39. The number of ether oxygens (including phenoxy) is 1. The quantitative estimate of drug-likeness (QED) is 0.860. The number of methoxy groups -OCH3 is 1. The van der Waals surface area contributed by atoms with Crippen LogP contribution in [-0.4, -0.2) is 37.0 Å². The average molecular weight is 290 g/mol. The van der Waals surface area contributed by atoms with E-state index in [4.69, 9.17) is 4.74 Å². The minimum atomic E-state index is -0.270.